The van der Waals surface area contributed by atoms with Gasteiger partial charge < -0.3 is 5.32 Å². The van der Waals surface area contributed by atoms with Crippen molar-refractivity contribution in [2.24, 2.45) is 0 Å². The van der Waals surface area contributed by atoms with Gasteiger partial charge in [0.15, 0.2) is 0 Å². The maximum Gasteiger partial charge on any atom is 0.234 e. The number of nitrogens with one attached hydrogen (secondary N) is 1. The monoisotopic (exact) mass is 375 g/mol. The number of para-hydroxylation sites is 1. The van der Waals surface area contributed by atoms with E-state index in [0.717, 1.165) is 27.7 Å². The van der Waals surface area contributed by atoms with E-state index in [9.17, 15) is 4.79 Å². The van der Waals surface area contributed by atoms with Crippen LogP contribution in [-0.2, 0) is 4.79 Å². The van der Waals surface area contributed by atoms with Crippen LogP contribution in [0.5, 0.6) is 0 Å². The van der Waals surface area contributed by atoms with Crippen LogP contribution in [0.1, 0.15) is 5.56 Å². The predicted molar refractivity (Wildman–Crippen MR) is 107 cm³/mol. The number of hydrogen-bond donors (Lipinski definition) is 1. The molecule has 1 amide bonds. The van der Waals surface area contributed by atoms with Crippen LogP contribution in [0.2, 0.25) is 0 Å². The van der Waals surface area contributed by atoms with Gasteiger partial charge >= 0.3 is 0 Å². The fraction of sp³-hybridized carbons (Fsp3) is 0.100. The van der Waals surface area contributed by atoms with Gasteiger partial charge in [-0.2, -0.15) is 4.68 Å². The zero-order chi connectivity index (χ0) is 18.6. The molecule has 134 valence electrons. The number of amides is 1. The van der Waals surface area contributed by atoms with Gasteiger partial charge in [-0.25, -0.2) is 0 Å². The second-order valence-corrected chi connectivity index (χ2v) is 7.00. The first-order valence-corrected chi connectivity index (χ1v) is 9.45. The average Bonchev–Trinajstić information content (AvgIpc) is 3.16. The summed E-state index contributed by atoms with van der Waals surface area (Å²) in [6.07, 6.45) is 0. The van der Waals surface area contributed by atoms with Gasteiger partial charge in [-0.15, -0.1) is 5.10 Å². The van der Waals surface area contributed by atoms with Crippen molar-refractivity contribution in [2.45, 2.75) is 12.1 Å². The van der Waals surface area contributed by atoms with Crippen molar-refractivity contribution >= 4 is 34.1 Å². The van der Waals surface area contributed by atoms with Crippen LogP contribution in [-0.4, -0.2) is 31.9 Å². The third-order valence-corrected chi connectivity index (χ3v) is 5.09. The molecule has 0 bridgehead atoms. The first kappa shape index (κ1) is 17.2. The summed E-state index contributed by atoms with van der Waals surface area (Å²) in [4.78, 5) is 12.3. The van der Waals surface area contributed by atoms with Crippen LogP contribution in [0.15, 0.2) is 71.9 Å². The number of nitrogens with zero attached hydrogens (tertiary/aromatic N) is 4. The minimum Gasteiger partial charge on any atom is -0.325 e. The molecule has 1 aromatic heterocycles. The summed E-state index contributed by atoms with van der Waals surface area (Å²) in [6.45, 7) is 1.96. The van der Waals surface area contributed by atoms with Crippen molar-refractivity contribution in [3.05, 3.63) is 72.3 Å². The molecule has 0 radical (unpaired) electrons. The van der Waals surface area contributed by atoms with Crippen molar-refractivity contribution in [3.8, 4) is 5.69 Å². The summed E-state index contributed by atoms with van der Waals surface area (Å²) < 4.78 is 1.65. The molecule has 0 fully saturated rings. The number of thioether (sulfide) groups is 1. The van der Waals surface area contributed by atoms with E-state index in [1.165, 1.54) is 11.8 Å². The SMILES string of the molecule is Cc1ccccc1NC(=O)CSc1nnnn1-c1ccc2ccccc2c1. The molecule has 4 rings (SSSR count). The number of tetrazole rings is 1. The van der Waals surface area contributed by atoms with Gasteiger partial charge in [0.1, 0.15) is 0 Å². The number of carbonyl (C=O) groups is 1. The maximum absolute atomic E-state index is 12.3. The van der Waals surface area contributed by atoms with Crippen molar-refractivity contribution < 1.29 is 4.79 Å². The van der Waals surface area contributed by atoms with Gasteiger partial charge in [-0.1, -0.05) is 60.3 Å². The molecule has 0 unspecified atom stereocenters. The Bertz CT molecular complexity index is 1110. The molecule has 0 aliphatic rings. The summed E-state index contributed by atoms with van der Waals surface area (Å²) in [7, 11) is 0. The molecule has 0 saturated carbocycles. The van der Waals surface area contributed by atoms with Gasteiger partial charge in [0.05, 0.1) is 11.4 Å². The van der Waals surface area contributed by atoms with Crippen molar-refractivity contribution in [2.75, 3.05) is 11.1 Å². The van der Waals surface area contributed by atoms with Gasteiger partial charge in [-0.3, -0.25) is 4.79 Å². The smallest absolute Gasteiger partial charge is 0.234 e. The van der Waals surface area contributed by atoms with E-state index in [1.54, 1.807) is 4.68 Å². The van der Waals surface area contributed by atoms with Gasteiger partial charge in [-0.05, 0) is 51.9 Å². The molecule has 6 nitrogen and oxygen atoms in total. The summed E-state index contributed by atoms with van der Waals surface area (Å²) >= 11 is 1.30. The molecule has 3 aromatic carbocycles. The van der Waals surface area contributed by atoms with Gasteiger partial charge in [0, 0.05) is 5.69 Å². The van der Waals surface area contributed by atoms with Crippen molar-refractivity contribution in [1.29, 1.82) is 0 Å². The van der Waals surface area contributed by atoms with Crippen LogP contribution in [0, 0.1) is 6.92 Å². The first-order valence-electron chi connectivity index (χ1n) is 8.46. The number of benzene rings is 3. The Labute approximate surface area is 160 Å². The average molecular weight is 375 g/mol. The number of rotatable bonds is 5. The van der Waals surface area contributed by atoms with E-state index in [-0.39, 0.29) is 11.7 Å². The van der Waals surface area contributed by atoms with Crippen molar-refractivity contribution in [1.82, 2.24) is 20.2 Å². The summed E-state index contributed by atoms with van der Waals surface area (Å²) in [6, 6.07) is 21.8. The lowest BCUT2D eigenvalue weighted by molar-refractivity contribution is -0.113. The number of anilines is 1. The Kier molecular flexibility index (Phi) is 4.84. The lowest BCUT2D eigenvalue weighted by Crippen LogP contribution is -2.15. The summed E-state index contributed by atoms with van der Waals surface area (Å²) in [5.41, 5.74) is 2.70. The molecule has 0 aliphatic heterocycles. The lowest BCUT2D eigenvalue weighted by Gasteiger charge is -2.08. The van der Waals surface area contributed by atoms with E-state index >= 15 is 0 Å². The summed E-state index contributed by atoms with van der Waals surface area (Å²) in [5.74, 6) is 0.129. The highest BCUT2D eigenvalue weighted by Crippen LogP contribution is 2.22. The molecular formula is C20H17N5OS. The largest absolute Gasteiger partial charge is 0.325 e. The van der Waals surface area contributed by atoms with Crippen LogP contribution in [0.25, 0.3) is 16.5 Å². The number of fused-ring (bicyclic) bond motifs is 1. The number of aromatic nitrogens is 4. The Hall–Kier alpha value is -3.19. The van der Waals surface area contributed by atoms with E-state index < -0.39 is 0 Å². The van der Waals surface area contributed by atoms with E-state index in [0.29, 0.717) is 5.16 Å². The minimum atomic E-state index is -0.0950. The molecular weight excluding hydrogens is 358 g/mol. The van der Waals surface area contributed by atoms with E-state index in [2.05, 4.69) is 26.9 Å². The van der Waals surface area contributed by atoms with Gasteiger partial charge in [0.25, 0.3) is 0 Å². The highest BCUT2D eigenvalue weighted by molar-refractivity contribution is 7.99. The molecule has 0 spiro atoms. The Morgan fingerprint density at radius 2 is 1.81 bits per heavy atom. The predicted octanol–water partition coefficient (Wildman–Crippen LogP) is 3.85. The Morgan fingerprint density at radius 1 is 1.04 bits per heavy atom. The second kappa shape index (κ2) is 7.59. The highest BCUT2D eigenvalue weighted by Gasteiger charge is 2.12. The summed E-state index contributed by atoms with van der Waals surface area (Å²) in [5, 5.41) is 17.6. The van der Waals surface area contributed by atoms with Crippen LogP contribution in [0.4, 0.5) is 5.69 Å². The van der Waals surface area contributed by atoms with Crippen LogP contribution < -0.4 is 5.32 Å². The second-order valence-electron chi connectivity index (χ2n) is 6.06. The molecule has 0 atom stereocenters. The normalized spacial score (nSPS) is 10.9. The molecule has 0 aliphatic carbocycles. The van der Waals surface area contributed by atoms with Crippen LogP contribution in [0.3, 0.4) is 0 Å². The fourth-order valence-corrected chi connectivity index (χ4v) is 3.46. The molecule has 7 heteroatoms. The Morgan fingerprint density at radius 3 is 2.67 bits per heavy atom. The van der Waals surface area contributed by atoms with E-state index in [1.807, 2.05) is 67.6 Å². The molecule has 1 N–H and O–H groups in total. The third-order valence-electron chi connectivity index (χ3n) is 4.17. The third kappa shape index (κ3) is 3.83. The standard InChI is InChI=1S/C20H17N5OS/c1-14-6-2-5-9-18(14)21-19(26)13-27-20-22-23-24-25(20)17-11-10-15-7-3-4-8-16(15)12-17/h2-12H,13H2,1H3,(H,21,26). The highest BCUT2D eigenvalue weighted by atomic mass is 32.2. The lowest BCUT2D eigenvalue weighted by atomic mass is 10.1. The number of hydrogen-bond acceptors (Lipinski definition) is 5. The van der Waals surface area contributed by atoms with Gasteiger partial charge in [0.2, 0.25) is 11.1 Å². The number of carbonyl (C=O) groups excluding carboxylic acids is 1. The van der Waals surface area contributed by atoms with E-state index in [4.69, 9.17) is 0 Å². The molecule has 27 heavy (non-hydrogen) atoms. The zero-order valence-corrected chi connectivity index (χ0v) is 15.5. The fourth-order valence-electron chi connectivity index (χ4n) is 2.77. The van der Waals surface area contributed by atoms with Crippen molar-refractivity contribution in [3.63, 3.8) is 0 Å². The molecule has 0 saturated heterocycles. The quantitative estimate of drug-likeness (QED) is 0.536. The van der Waals surface area contributed by atoms with Crippen LogP contribution >= 0.6 is 11.8 Å². The first-order chi connectivity index (χ1) is 13.2. The molecule has 4 aromatic rings. The zero-order valence-electron chi connectivity index (χ0n) is 14.7. The topological polar surface area (TPSA) is 72.7 Å². The minimum absolute atomic E-state index is 0.0950. The number of aryl methyl sites for hydroxylation is 1. The Balaban J connectivity index is 1.48. The maximum atomic E-state index is 12.3. The molecule has 1 heterocycles.